The zero-order valence-corrected chi connectivity index (χ0v) is 9.74. The van der Waals surface area contributed by atoms with Crippen molar-refractivity contribution in [3.63, 3.8) is 0 Å². The van der Waals surface area contributed by atoms with E-state index in [2.05, 4.69) is 10.2 Å². The maximum absolute atomic E-state index is 8.97. The van der Waals surface area contributed by atoms with E-state index in [1.807, 2.05) is 0 Å². The van der Waals surface area contributed by atoms with Crippen molar-refractivity contribution < 1.29 is 9.84 Å². The number of hydrogen-bond donors (Lipinski definition) is 2. The molecule has 1 rings (SSSR count). The Morgan fingerprint density at radius 3 is 2.67 bits per heavy atom. The largest absolute Gasteiger partial charge is 0.395 e. The van der Waals surface area contributed by atoms with Gasteiger partial charge in [0, 0.05) is 26.7 Å². The molecule has 0 radical (unpaired) electrons. The van der Waals surface area contributed by atoms with Gasteiger partial charge < -0.3 is 15.2 Å². The Kier molecular flexibility index (Phi) is 6.92. The number of aliphatic hydroxyl groups is 1. The van der Waals surface area contributed by atoms with E-state index in [-0.39, 0.29) is 6.61 Å². The van der Waals surface area contributed by atoms with E-state index in [0.29, 0.717) is 0 Å². The van der Waals surface area contributed by atoms with Crippen LogP contribution in [0.4, 0.5) is 0 Å². The van der Waals surface area contributed by atoms with Crippen LogP contribution >= 0.6 is 0 Å². The number of ether oxygens (including phenoxy) is 1. The normalized spacial score (nSPS) is 18.6. The Labute approximate surface area is 92.6 Å². The third kappa shape index (κ3) is 5.47. The highest BCUT2D eigenvalue weighted by Gasteiger charge is 2.16. The van der Waals surface area contributed by atoms with Crippen LogP contribution in [-0.4, -0.2) is 63.1 Å². The van der Waals surface area contributed by atoms with Crippen molar-refractivity contribution >= 4 is 0 Å². The lowest BCUT2D eigenvalue weighted by Crippen LogP contribution is -2.38. The highest BCUT2D eigenvalue weighted by Crippen LogP contribution is 2.13. The molecule has 1 heterocycles. The number of hydrogen-bond acceptors (Lipinski definition) is 4. The average molecular weight is 216 g/mol. The van der Waals surface area contributed by atoms with E-state index < -0.39 is 0 Å². The van der Waals surface area contributed by atoms with Crippen molar-refractivity contribution in [2.45, 2.75) is 12.8 Å². The maximum atomic E-state index is 8.97. The van der Waals surface area contributed by atoms with Crippen LogP contribution in [-0.2, 0) is 4.74 Å². The van der Waals surface area contributed by atoms with Crippen LogP contribution in [0.1, 0.15) is 12.8 Å². The number of aliphatic hydroxyl groups excluding tert-OH is 1. The Morgan fingerprint density at radius 2 is 2.07 bits per heavy atom. The molecular formula is C11H24N2O2. The van der Waals surface area contributed by atoms with E-state index in [1.165, 1.54) is 12.8 Å². The third-order valence-electron chi connectivity index (χ3n) is 3.00. The van der Waals surface area contributed by atoms with Gasteiger partial charge >= 0.3 is 0 Å². The van der Waals surface area contributed by atoms with Crippen molar-refractivity contribution in [2.75, 3.05) is 53.0 Å². The van der Waals surface area contributed by atoms with Gasteiger partial charge in [0.05, 0.1) is 13.2 Å². The van der Waals surface area contributed by atoms with E-state index >= 15 is 0 Å². The van der Waals surface area contributed by atoms with Crippen molar-refractivity contribution in [1.29, 1.82) is 0 Å². The fourth-order valence-corrected chi connectivity index (χ4v) is 2.09. The van der Waals surface area contributed by atoms with E-state index in [0.717, 1.165) is 45.2 Å². The molecule has 2 N–H and O–H groups in total. The van der Waals surface area contributed by atoms with Crippen LogP contribution in [0.25, 0.3) is 0 Å². The molecule has 90 valence electrons. The summed E-state index contributed by atoms with van der Waals surface area (Å²) in [5.41, 5.74) is 0. The predicted octanol–water partition coefficient (Wildman–Crippen LogP) is -0.0733. The molecule has 1 saturated heterocycles. The maximum Gasteiger partial charge on any atom is 0.0589 e. The predicted molar refractivity (Wildman–Crippen MR) is 61.0 cm³/mol. The first-order valence-corrected chi connectivity index (χ1v) is 5.89. The van der Waals surface area contributed by atoms with Gasteiger partial charge in [-0.05, 0) is 31.8 Å². The first-order valence-electron chi connectivity index (χ1n) is 5.89. The highest BCUT2D eigenvalue weighted by atomic mass is 16.5. The molecule has 0 bridgehead atoms. The molecule has 0 aromatic carbocycles. The molecule has 0 amide bonds. The molecule has 0 spiro atoms. The summed E-state index contributed by atoms with van der Waals surface area (Å²) in [4.78, 5) is 2.31. The minimum Gasteiger partial charge on any atom is -0.395 e. The Bertz CT molecular complexity index is 150. The minimum atomic E-state index is 0.245. The zero-order chi connectivity index (χ0) is 10.9. The summed E-state index contributed by atoms with van der Waals surface area (Å²) in [7, 11) is 1.72. The summed E-state index contributed by atoms with van der Waals surface area (Å²) >= 11 is 0. The van der Waals surface area contributed by atoms with Gasteiger partial charge in [0.15, 0.2) is 0 Å². The molecule has 0 aromatic heterocycles. The molecule has 0 aliphatic carbocycles. The SMILES string of the molecule is COCCN(CCO)CC1CCNCC1. The molecule has 0 aromatic rings. The number of rotatable bonds is 7. The summed E-state index contributed by atoms with van der Waals surface area (Å²) in [6, 6.07) is 0. The number of piperidine rings is 1. The van der Waals surface area contributed by atoms with Crippen LogP contribution < -0.4 is 5.32 Å². The lowest BCUT2D eigenvalue weighted by Gasteiger charge is -2.29. The van der Waals surface area contributed by atoms with Crippen LogP contribution in [0.3, 0.4) is 0 Å². The quantitative estimate of drug-likeness (QED) is 0.625. The second-order valence-electron chi connectivity index (χ2n) is 4.21. The fraction of sp³-hybridized carbons (Fsp3) is 1.00. The molecule has 1 fully saturated rings. The van der Waals surface area contributed by atoms with Crippen LogP contribution in [0.2, 0.25) is 0 Å². The van der Waals surface area contributed by atoms with Crippen molar-refractivity contribution in [3.05, 3.63) is 0 Å². The summed E-state index contributed by atoms with van der Waals surface area (Å²) < 4.78 is 5.07. The Balaban J connectivity index is 2.21. The van der Waals surface area contributed by atoms with Gasteiger partial charge in [-0.2, -0.15) is 0 Å². The molecule has 1 aliphatic heterocycles. The molecule has 0 atom stereocenters. The Hall–Kier alpha value is -0.160. The average Bonchev–Trinajstić information content (AvgIpc) is 2.28. The van der Waals surface area contributed by atoms with Gasteiger partial charge in [0.25, 0.3) is 0 Å². The van der Waals surface area contributed by atoms with Crippen molar-refractivity contribution in [1.82, 2.24) is 10.2 Å². The van der Waals surface area contributed by atoms with Gasteiger partial charge in [-0.1, -0.05) is 0 Å². The van der Waals surface area contributed by atoms with Gasteiger partial charge in [-0.25, -0.2) is 0 Å². The summed E-state index contributed by atoms with van der Waals surface area (Å²) in [6.45, 7) is 6.09. The first kappa shape index (κ1) is 12.9. The molecule has 15 heavy (non-hydrogen) atoms. The topological polar surface area (TPSA) is 44.7 Å². The van der Waals surface area contributed by atoms with E-state index in [1.54, 1.807) is 7.11 Å². The number of methoxy groups -OCH3 is 1. The Morgan fingerprint density at radius 1 is 1.33 bits per heavy atom. The molecule has 4 heteroatoms. The number of nitrogens with one attached hydrogen (secondary N) is 1. The second kappa shape index (κ2) is 8.05. The second-order valence-corrected chi connectivity index (χ2v) is 4.21. The van der Waals surface area contributed by atoms with Gasteiger partial charge in [0.1, 0.15) is 0 Å². The summed E-state index contributed by atoms with van der Waals surface area (Å²) in [6.07, 6.45) is 2.52. The van der Waals surface area contributed by atoms with E-state index in [9.17, 15) is 0 Å². The monoisotopic (exact) mass is 216 g/mol. The van der Waals surface area contributed by atoms with Crippen molar-refractivity contribution in [2.24, 2.45) is 5.92 Å². The lowest BCUT2D eigenvalue weighted by molar-refractivity contribution is 0.114. The van der Waals surface area contributed by atoms with Crippen molar-refractivity contribution in [3.8, 4) is 0 Å². The first-order chi connectivity index (χ1) is 7.36. The van der Waals surface area contributed by atoms with Crippen LogP contribution in [0.15, 0.2) is 0 Å². The molecule has 4 nitrogen and oxygen atoms in total. The van der Waals surface area contributed by atoms with Crippen LogP contribution in [0.5, 0.6) is 0 Å². The molecule has 0 saturated carbocycles. The fourth-order valence-electron chi connectivity index (χ4n) is 2.09. The molecule has 1 aliphatic rings. The standard InChI is InChI=1S/C11H24N2O2/c1-15-9-7-13(6-8-14)10-11-2-4-12-5-3-11/h11-12,14H,2-10H2,1H3. The van der Waals surface area contributed by atoms with Gasteiger partial charge in [-0.3, -0.25) is 4.90 Å². The zero-order valence-electron chi connectivity index (χ0n) is 9.74. The third-order valence-corrected chi connectivity index (χ3v) is 3.00. The molecular weight excluding hydrogens is 192 g/mol. The molecule has 0 unspecified atom stereocenters. The summed E-state index contributed by atoms with van der Waals surface area (Å²) in [5.74, 6) is 0.787. The lowest BCUT2D eigenvalue weighted by atomic mass is 9.97. The van der Waals surface area contributed by atoms with Gasteiger partial charge in [-0.15, -0.1) is 0 Å². The van der Waals surface area contributed by atoms with Gasteiger partial charge in [0.2, 0.25) is 0 Å². The van der Waals surface area contributed by atoms with Crippen LogP contribution in [0, 0.1) is 5.92 Å². The van der Waals surface area contributed by atoms with E-state index in [4.69, 9.17) is 9.84 Å². The highest BCUT2D eigenvalue weighted by molar-refractivity contribution is 4.72. The minimum absolute atomic E-state index is 0.245. The number of nitrogens with zero attached hydrogens (tertiary/aromatic N) is 1. The summed E-state index contributed by atoms with van der Waals surface area (Å²) in [5, 5.41) is 12.3. The smallest absolute Gasteiger partial charge is 0.0589 e.